The molecule has 25 heavy (non-hydrogen) atoms. The topological polar surface area (TPSA) is 76.1 Å². The van der Waals surface area contributed by atoms with Gasteiger partial charge in [0.25, 0.3) is 5.91 Å². The summed E-state index contributed by atoms with van der Waals surface area (Å²) in [5, 5.41) is 9.28. The highest BCUT2D eigenvalue weighted by Gasteiger charge is 2.39. The van der Waals surface area contributed by atoms with Crippen molar-refractivity contribution in [2.75, 3.05) is 13.7 Å². The Hall–Kier alpha value is -2.06. The molecule has 0 aliphatic carbocycles. The highest BCUT2D eigenvalue weighted by atomic mass is 32.2. The van der Waals surface area contributed by atoms with Crippen molar-refractivity contribution in [3.8, 4) is 11.5 Å². The minimum absolute atomic E-state index is 0.253. The Morgan fingerprint density at radius 1 is 1.40 bits per heavy atom. The minimum atomic E-state index is -1.07. The van der Waals surface area contributed by atoms with Gasteiger partial charge in [-0.15, -0.1) is 0 Å². The van der Waals surface area contributed by atoms with E-state index in [2.05, 4.69) is 0 Å². The molecule has 1 aromatic carbocycles. The number of ether oxygens (including phenoxy) is 2. The van der Waals surface area contributed by atoms with Crippen LogP contribution >= 0.6 is 24.0 Å². The second kappa shape index (κ2) is 8.35. The second-order valence-electron chi connectivity index (χ2n) is 5.16. The Balaban J connectivity index is 2.31. The van der Waals surface area contributed by atoms with Gasteiger partial charge in [-0.1, -0.05) is 37.0 Å². The average Bonchev–Trinajstić information content (AvgIpc) is 2.84. The van der Waals surface area contributed by atoms with Crippen LogP contribution in [0.2, 0.25) is 0 Å². The summed E-state index contributed by atoms with van der Waals surface area (Å²) in [4.78, 5) is 25.5. The van der Waals surface area contributed by atoms with Crippen LogP contribution in [0.3, 0.4) is 0 Å². The first kappa shape index (κ1) is 19.3. The van der Waals surface area contributed by atoms with Crippen molar-refractivity contribution in [1.82, 2.24) is 4.90 Å². The molecule has 2 rings (SSSR count). The smallest absolute Gasteiger partial charge is 0.326 e. The number of carboxylic acids is 1. The fourth-order valence-corrected chi connectivity index (χ4v) is 3.77. The molecule has 0 aromatic heterocycles. The van der Waals surface area contributed by atoms with E-state index in [1.165, 1.54) is 4.90 Å². The number of hydrogen-bond acceptors (Lipinski definition) is 6. The zero-order chi connectivity index (χ0) is 18.6. The van der Waals surface area contributed by atoms with Crippen LogP contribution in [0.15, 0.2) is 23.1 Å². The highest BCUT2D eigenvalue weighted by Crippen LogP contribution is 2.36. The molecule has 0 saturated carbocycles. The molecule has 6 nitrogen and oxygen atoms in total. The summed E-state index contributed by atoms with van der Waals surface area (Å²) in [7, 11) is 1.54. The zero-order valence-corrected chi connectivity index (χ0v) is 15.8. The fraction of sp³-hybridized carbons (Fsp3) is 0.353. The Labute approximate surface area is 155 Å². The molecule has 0 bridgehead atoms. The van der Waals surface area contributed by atoms with Crippen LogP contribution in [0.25, 0.3) is 6.08 Å². The lowest BCUT2D eigenvalue weighted by atomic mass is 10.1. The number of carbonyl (C=O) groups is 2. The number of benzene rings is 1. The number of carbonyl (C=O) groups excluding carboxylic acids is 1. The van der Waals surface area contributed by atoms with Crippen molar-refractivity contribution in [3.05, 3.63) is 28.7 Å². The van der Waals surface area contributed by atoms with Crippen molar-refractivity contribution < 1.29 is 24.2 Å². The molecule has 1 fully saturated rings. The molecule has 0 radical (unpaired) electrons. The van der Waals surface area contributed by atoms with Gasteiger partial charge in [-0.2, -0.15) is 0 Å². The summed E-state index contributed by atoms with van der Waals surface area (Å²) in [6, 6.07) is 4.37. The molecule has 1 N–H and O–H groups in total. The Morgan fingerprint density at radius 3 is 2.68 bits per heavy atom. The summed E-state index contributed by atoms with van der Waals surface area (Å²) in [5.41, 5.74) is 0.740. The Bertz CT molecular complexity index is 732. The predicted molar refractivity (Wildman–Crippen MR) is 101 cm³/mol. The largest absolute Gasteiger partial charge is 0.493 e. The maximum Gasteiger partial charge on any atom is 0.326 e. The number of aliphatic carboxylic acids is 1. The number of hydrogen-bond donors (Lipinski definition) is 1. The van der Waals surface area contributed by atoms with Crippen molar-refractivity contribution in [1.29, 1.82) is 0 Å². The maximum atomic E-state index is 12.6. The second-order valence-corrected chi connectivity index (χ2v) is 6.83. The van der Waals surface area contributed by atoms with Gasteiger partial charge < -0.3 is 14.6 Å². The number of amides is 1. The summed E-state index contributed by atoms with van der Waals surface area (Å²) in [5.74, 6) is -0.283. The van der Waals surface area contributed by atoms with Gasteiger partial charge in [-0.05, 0) is 37.1 Å². The van der Waals surface area contributed by atoms with Crippen molar-refractivity contribution in [2.45, 2.75) is 26.3 Å². The predicted octanol–water partition coefficient (Wildman–Crippen LogP) is 3.16. The summed E-state index contributed by atoms with van der Waals surface area (Å²) >= 11 is 6.29. The maximum absolute atomic E-state index is 12.6. The third-order valence-corrected chi connectivity index (χ3v) is 4.92. The Morgan fingerprint density at radius 2 is 2.12 bits per heavy atom. The van der Waals surface area contributed by atoms with E-state index in [1.807, 2.05) is 6.92 Å². The SMILES string of the molecule is CCOc1ccc(/C=C2/SC(=S)N(C(CC)C(=O)O)C2=O)cc1OC. The zero-order valence-electron chi connectivity index (χ0n) is 14.1. The van der Waals surface area contributed by atoms with Crippen LogP contribution < -0.4 is 9.47 Å². The van der Waals surface area contributed by atoms with Gasteiger partial charge in [0.2, 0.25) is 0 Å². The number of methoxy groups -OCH3 is 1. The van der Waals surface area contributed by atoms with Gasteiger partial charge in [0.05, 0.1) is 18.6 Å². The van der Waals surface area contributed by atoms with Gasteiger partial charge in [-0.25, -0.2) is 4.79 Å². The first-order chi connectivity index (χ1) is 11.9. The van der Waals surface area contributed by atoms with Crippen molar-refractivity contribution in [2.24, 2.45) is 0 Å². The van der Waals surface area contributed by atoms with E-state index in [4.69, 9.17) is 21.7 Å². The lowest BCUT2D eigenvalue weighted by molar-refractivity contribution is -0.145. The van der Waals surface area contributed by atoms with Gasteiger partial charge in [0.1, 0.15) is 10.4 Å². The van der Waals surface area contributed by atoms with E-state index in [1.54, 1.807) is 38.3 Å². The molecule has 1 heterocycles. The Kier molecular flexibility index (Phi) is 6.44. The molecule has 1 atom stereocenters. The van der Waals surface area contributed by atoms with Crippen molar-refractivity contribution >= 4 is 46.3 Å². The lowest BCUT2D eigenvalue weighted by Gasteiger charge is -2.21. The van der Waals surface area contributed by atoms with Crippen LogP contribution in [0.4, 0.5) is 0 Å². The molecule has 8 heteroatoms. The van der Waals surface area contributed by atoms with E-state index < -0.39 is 17.9 Å². The van der Waals surface area contributed by atoms with Gasteiger partial charge in [-0.3, -0.25) is 9.69 Å². The van der Waals surface area contributed by atoms with Crippen LogP contribution in [-0.2, 0) is 9.59 Å². The van der Waals surface area contributed by atoms with E-state index in [-0.39, 0.29) is 10.7 Å². The molecule has 1 aliphatic rings. The molecular weight excluding hydrogens is 362 g/mol. The first-order valence-electron chi connectivity index (χ1n) is 7.73. The number of nitrogens with zero attached hydrogens (tertiary/aromatic N) is 1. The molecule has 1 aliphatic heterocycles. The van der Waals surface area contributed by atoms with Crippen molar-refractivity contribution in [3.63, 3.8) is 0 Å². The molecular formula is C17H19NO5S2. The highest BCUT2D eigenvalue weighted by molar-refractivity contribution is 8.26. The van der Waals surface area contributed by atoms with Crippen LogP contribution in [0.5, 0.6) is 11.5 Å². The average molecular weight is 381 g/mol. The van der Waals surface area contributed by atoms with Gasteiger partial charge in [0.15, 0.2) is 11.5 Å². The molecule has 1 saturated heterocycles. The molecule has 1 aromatic rings. The fourth-order valence-electron chi connectivity index (χ4n) is 2.42. The third kappa shape index (κ3) is 4.13. The molecule has 1 amide bonds. The number of carboxylic acid groups (broad SMARTS) is 1. The lowest BCUT2D eigenvalue weighted by Crippen LogP contribution is -2.43. The van der Waals surface area contributed by atoms with Gasteiger partial charge in [0, 0.05) is 0 Å². The normalized spacial score (nSPS) is 17.1. The van der Waals surface area contributed by atoms with Crippen LogP contribution in [0.1, 0.15) is 25.8 Å². The van der Waals surface area contributed by atoms with E-state index in [0.717, 1.165) is 17.3 Å². The number of thioether (sulfide) groups is 1. The van der Waals surface area contributed by atoms with E-state index >= 15 is 0 Å². The summed E-state index contributed by atoms with van der Waals surface area (Å²) in [6.07, 6.45) is 1.96. The quantitative estimate of drug-likeness (QED) is 0.574. The molecule has 1 unspecified atom stereocenters. The summed E-state index contributed by atoms with van der Waals surface area (Å²) < 4.78 is 11.0. The molecule has 134 valence electrons. The van der Waals surface area contributed by atoms with Gasteiger partial charge >= 0.3 is 5.97 Å². The van der Waals surface area contributed by atoms with Crippen LogP contribution in [0, 0.1) is 0 Å². The standard InChI is InChI=1S/C17H19NO5S2/c1-4-11(16(20)21)18-15(19)14(25-17(18)24)9-10-6-7-12(23-5-2)13(8-10)22-3/h6-9,11H,4-5H2,1-3H3,(H,20,21)/b14-9+. The summed E-state index contributed by atoms with van der Waals surface area (Å²) in [6.45, 7) is 4.10. The minimum Gasteiger partial charge on any atom is -0.493 e. The monoisotopic (exact) mass is 381 g/mol. The van der Waals surface area contributed by atoms with Crippen LogP contribution in [-0.4, -0.2) is 46.0 Å². The van der Waals surface area contributed by atoms with E-state index in [0.29, 0.717) is 23.0 Å². The number of thiocarbonyl (C=S) groups is 1. The number of rotatable bonds is 7. The first-order valence-corrected chi connectivity index (χ1v) is 8.96. The van der Waals surface area contributed by atoms with E-state index in [9.17, 15) is 14.7 Å². The molecule has 0 spiro atoms. The third-order valence-electron chi connectivity index (χ3n) is 3.59.